The van der Waals surface area contributed by atoms with Gasteiger partial charge >= 0.3 is 0 Å². The standard InChI is InChI=1S/C31H46/c1-3-5-7-8-9-11-13-27-16-20-29(21-17-27)31-24-22-30(23-25-31)28-18-14-26(15-19-28)12-10-6-4-2/h14-15,18-19,22-25,27,29H,3-13,16-17,20-21H2,1-2H3. The minimum Gasteiger partial charge on any atom is -0.0654 e. The molecule has 0 bridgehead atoms. The van der Waals surface area contributed by atoms with Crippen LogP contribution in [0.3, 0.4) is 0 Å². The van der Waals surface area contributed by atoms with Gasteiger partial charge < -0.3 is 0 Å². The van der Waals surface area contributed by atoms with E-state index in [2.05, 4.69) is 62.4 Å². The van der Waals surface area contributed by atoms with Gasteiger partial charge in [0.15, 0.2) is 0 Å². The molecule has 0 spiro atoms. The average Bonchev–Trinajstić information content (AvgIpc) is 2.82. The topological polar surface area (TPSA) is 0 Å². The van der Waals surface area contributed by atoms with Crippen molar-refractivity contribution >= 4 is 0 Å². The summed E-state index contributed by atoms with van der Waals surface area (Å²) in [4.78, 5) is 0. The van der Waals surface area contributed by atoms with E-state index in [1.165, 1.54) is 113 Å². The molecule has 0 saturated heterocycles. The van der Waals surface area contributed by atoms with Gasteiger partial charge in [-0.15, -0.1) is 0 Å². The van der Waals surface area contributed by atoms with Crippen molar-refractivity contribution in [2.75, 3.05) is 0 Å². The van der Waals surface area contributed by atoms with Crippen LogP contribution in [-0.2, 0) is 6.42 Å². The van der Waals surface area contributed by atoms with Crippen LogP contribution >= 0.6 is 0 Å². The largest absolute Gasteiger partial charge is 0.0654 e. The molecule has 0 radical (unpaired) electrons. The molecule has 0 heteroatoms. The summed E-state index contributed by atoms with van der Waals surface area (Å²) in [5.74, 6) is 1.79. The highest BCUT2D eigenvalue weighted by molar-refractivity contribution is 5.64. The molecular weight excluding hydrogens is 372 g/mol. The van der Waals surface area contributed by atoms with Gasteiger partial charge in [0, 0.05) is 0 Å². The third-order valence-corrected chi connectivity index (χ3v) is 7.55. The number of benzene rings is 2. The molecule has 3 rings (SSSR count). The molecule has 0 heterocycles. The lowest BCUT2D eigenvalue weighted by atomic mass is 9.77. The zero-order chi connectivity index (χ0) is 21.7. The zero-order valence-corrected chi connectivity index (χ0v) is 20.4. The Hall–Kier alpha value is -1.56. The third-order valence-electron chi connectivity index (χ3n) is 7.55. The van der Waals surface area contributed by atoms with Crippen LogP contribution in [0.1, 0.15) is 121 Å². The van der Waals surface area contributed by atoms with E-state index in [1.54, 1.807) is 5.56 Å². The van der Waals surface area contributed by atoms with Gasteiger partial charge in [0.05, 0.1) is 0 Å². The SMILES string of the molecule is CCCCCCCCC1CCC(c2ccc(-c3ccc(CCCCC)cc3)cc2)CC1. The summed E-state index contributed by atoms with van der Waals surface area (Å²) in [5, 5.41) is 0. The Morgan fingerprint density at radius 3 is 1.77 bits per heavy atom. The molecule has 1 fully saturated rings. The van der Waals surface area contributed by atoms with Crippen molar-refractivity contribution in [2.24, 2.45) is 5.92 Å². The number of aryl methyl sites for hydroxylation is 1. The molecule has 0 atom stereocenters. The van der Waals surface area contributed by atoms with E-state index in [9.17, 15) is 0 Å². The molecule has 0 N–H and O–H groups in total. The van der Waals surface area contributed by atoms with E-state index in [0.717, 1.165) is 11.8 Å². The highest BCUT2D eigenvalue weighted by atomic mass is 14.3. The van der Waals surface area contributed by atoms with E-state index in [-0.39, 0.29) is 0 Å². The smallest absolute Gasteiger partial charge is 0.0162 e. The molecule has 0 aliphatic heterocycles. The van der Waals surface area contributed by atoms with Gasteiger partial charge in [-0.2, -0.15) is 0 Å². The van der Waals surface area contributed by atoms with Gasteiger partial charge in [0.25, 0.3) is 0 Å². The third kappa shape index (κ3) is 8.13. The van der Waals surface area contributed by atoms with Crippen molar-refractivity contribution in [3.05, 3.63) is 59.7 Å². The fourth-order valence-corrected chi connectivity index (χ4v) is 5.39. The predicted molar refractivity (Wildman–Crippen MR) is 138 cm³/mol. The molecule has 1 saturated carbocycles. The van der Waals surface area contributed by atoms with Crippen molar-refractivity contribution in [2.45, 2.75) is 116 Å². The Balaban J connectivity index is 1.41. The summed E-state index contributed by atoms with van der Waals surface area (Å²) < 4.78 is 0. The number of hydrogen-bond acceptors (Lipinski definition) is 0. The Labute approximate surface area is 192 Å². The Kier molecular flexibility index (Phi) is 10.7. The monoisotopic (exact) mass is 418 g/mol. The second-order valence-electron chi connectivity index (χ2n) is 10.1. The number of hydrogen-bond donors (Lipinski definition) is 0. The van der Waals surface area contributed by atoms with Crippen molar-refractivity contribution in [1.29, 1.82) is 0 Å². The maximum atomic E-state index is 2.41. The van der Waals surface area contributed by atoms with Crippen LogP contribution < -0.4 is 0 Å². The second-order valence-corrected chi connectivity index (χ2v) is 10.1. The van der Waals surface area contributed by atoms with Crippen LogP contribution in [0.5, 0.6) is 0 Å². The molecule has 1 aliphatic rings. The maximum Gasteiger partial charge on any atom is -0.0162 e. The summed E-state index contributed by atoms with van der Waals surface area (Å²) in [5.41, 5.74) is 5.76. The van der Waals surface area contributed by atoms with E-state index in [4.69, 9.17) is 0 Å². The van der Waals surface area contributed by atoms with Crippen LogP contribution in [0.2, 0.25) is 0 Å². The minimum absolute atomic E-state index is 0.788. The average molecular weight is 419 g/mol. The molecule has 2 aromatic carbocycles. The maximum absolute atomic E-state index is 2.41. The normalized spacial score (nSPS) is 18.9. The first-order valence-corrected chi connectivity index (χ1v) is 13.5. The molecular formula is C31H46. The van der Waals surface area contributed by atoms with Crippen molar-refractivity contribution in [3.8, 4) is 11.1 Å². The first-order chi connectivity index (χ1) is 15.3. The first kappa shape index (κ1) is 24.1. The number of unbranched alkanes of at least 4 members (excludes halogenated alkanes) is 7. The molecule has 170 valence electrons. The van der Waals surface area contributed by atoms with Gasteiger partial charge in [-0.25, -0.2) is 0 Å². The second kappa shape index (κ2) is 13.8. The van der Waals surface area contributed by atoms with Gasteiger partial charge in [-0.05, 0) is 72.6 Å². The van der Waals surface area contributed by atoms with E-state index >= 15 is 0 Å². The Morgan fingerprint density at radius 1 is 0.581 bits per heavy atom. The summed E-state index contributed by atoms with van der Waals surface area (Å²) in [7, 11) is 0. The molecule has 0 nitrogen and oxygen atoms in total. The minimum atomic E-state index is 0.788. The lowest BCUT2D eigenvalue weighted by Gasteiger charge is -2.29. The molecule has 1 aliphatic carbocycles. The van der Waals surface area contributed by atoms with Crippen LogP contribution in [-0.4, -0.2) is 0 Å². The highest BCUT2D eigenvalue weighted by Gasteiger charge is 2.22. The summed E-state index contributed by atoms with van der Waals surface area (Å²) >= 11 is 0. The van der Waals surface area contributed by atoms with Crippen molar-refractivity contribution in [3.63, 3.8) is 0 Å². The van der Waals surface area contributed by atoms with Gasteiger partial charge in [0.2, 0.25) is 0 Å². The lowest BCUT2D eigenvalue weighted by Crippen LogP contribution is -2.13. The van der Waals surface area contributed by atoms with Crippen LogP contribution in [0.4, 0.5) is 0 Å². The Bertz CT molecular complexity index is 701. The van der Waals surface area contributed by atoms with Crippen molar-refractivity contribution < 1.29 is 0 Å². The van der Waals surface area contributed by atoms with Gasteiger partial charge in [-0.1, -0.05) is 120 Å². The molecule has 0 unspecified atom stereocenters. The fraction of sp³-hybridized carbons (Fsp3) is 0.613. The molecule has 0 amide bonds. The molecule has 2 aromatic rings. The van der Waals surface area contributed by atoms with Crippen LogP contribution in [0, 0.1) is 5.92 Å². The summed E-state index contributed by atoms with van der Waals surface area (Å²) in [6, 6.07) is 18.8. The predicted octanol–water partition coefficient (Wildman–Crippen LogP) is 10.1. The van der Waals surface area contributed by atoms with Crippen LogP contribution in [0.15, 0.2) is 48.5 Å². The van der Waals surface area contributed by atoms with Crippen molar-refractivity contribution in [1.82, 2.24) is 0 Å². The summed E-state index contributed by atoms with van der Waals surface area (Å²) in [6.45, 7) is 4.58. The lowest BCUT2D eigenvalue weighted by molar-refractivity contribution is 0.302. The zero-order valence-electron chi connectivity index (χ0n) is 20.4. The summed E-state index contributed by atoms with van der Waals surface area (Å²) in [6.07, 6.45) is 20.9. The molecule has 31 heavy (non-hydrogen) atoms. The molecule has 0 aromatic heterocycles. The quantitative estimate of drug-likeness (QED) is 0.284. The number of rotatable bonds is 13. The first-order valence-electron chi connectivity index (χ1n) is 13.5. The highest BCUT2D eigenvalue weighted by Crippen LogP contribution is 2.38. The van der Waals surface area contributed by atoms with E-state index < -0.39 is 0 Å². The van der Waals surface area contributed by atoms with E-state index in [1.807, 2.05) is 0 Å². The Morgan fingerprint density at radius 2 is 1.13 bits per heavy atom. The fourth-order valence-electron chi connectivity index (χ4n) is 5.39. The van der Waals surface area contributed by atoms with Crippen LogP contribution in [0.25, 0.3) is 11.1 Å². The van der Waals surface area contributed by atoms with E-state index in [0.29, 0.717) is 0 Å². The van der Waals surface area contributed by atoms with Gasteiger partial charge in [-0.3, -0.25) is 0 Å². The van der Waals surface area contributed by atoms with Gasteiger partial charge in [0.1, 0.15) is 0 Å².